The van der Waals surface area contributed by atoms with Gasteiger partial charge in [-0.05, 0) is 47.5 Å². The summed E-state index contributed by atoms with van der Waals surface area (Å²) in [5.74, 6) is -0.0346. The first-order valence-corrected chi connectivity index (χ1v) is 11.5. The van der Waals surface area contributed by atoms with Crippen molar-refractivity contribution in [3.8, 4) is 28.2 Å². The topological polar surface area (TPSA) is 56.3 Å². The van der Waals surface area contributed by atoms with Gasteiger partial charge in [0.1, 0.15) is 0 Å². The molecule has 0 N–H and O–H groups in total. The van der Waals surface area contributed by atoms with Crippen molar-refractivity contribution in [2.75, 3.05) is 6.26 Å². The SMILES string of the molecule is [C-]#[N+]c1cn(-c2ccc(-c3cccc(S(C)(=O)=O)c3)cc2)c(-c2ccccc2C(F)(F)F)n1. The molecule has 0 fully saturated rings. The van der Waals surface area contributed by atoms with E-state index in [0.29, 0.717) is 11.3 Å². The molecule has 1 aromatic heterocycles. The molecule has 0 amide bonds. The van der Waals surface area contributed by atoms with Gasteiger partial charge >= 0.3 is 6.18 Å². The van der Waals surface area contributed by atoms with Crippen LogP contribution in [0.25, 0.3) is 33.0 Å². The summed E-state index contributed by atoms with van der Waals surface area (Å²) >= 11 is 0. The van der Waals surface area contributed by atoms with E-state index < -0.39 is 21.6 Å². The van der Waals surface area contributed by atoms with Gasteiger partial charge in [-0.2, -0.15) is 13.2 Å². The average molecular weight is 467 g/mol. The van der Waals surface area contributed by atoms with Gasteiger partial charge in [-0.15, -0.1) is 0 Å². The second-order valence-electron chi connectivity index (χ2n) is 7.29. The highest BCUT2D eigenvalue weighted by Gasteiger charge is 2.35. The number of benzene rings is 3. The van der Waals surface area contributed by atoms with Crippen LogP contribution in [-0.4, -0.2) is 24.2 Å². The van der Waals surface area contributed by atoms with Crippen LogP contribution in [0.5, 0.6) is 0 Å². The number of hydrogen-bond acceptors (Lipinski definition) is 3. The maximum absolute atomic E-state index is 13.6. The summed E-state index contributed by atoms with van der Waals surface area (Å²) in [6.45, 7) is 7.25. The quantitative estimate of drug-likeness (QED) is 0.337. The predicted octanol–water partition coefficient (Wildman–Crippen LogP) is 6.18. The monoisotopic (exact) mass is 467 g/mol. The van der Waals surface area contributed by atoms with Gasteiger partial charge in [0, 0.05) is 18.1 Å². The van der Waals surface area contributed by atoms with Crippen LogP contribution in [0.2, 0.25) is 0 Å². The van der Waals surface area contributed by atoms with Gasteiger partial charge in [0.2, 0.25) is 5.82 Å². The minimum atomic E-state index is -4.58. The van der Waals surface area contributed by atoms with E-state index in [1.165, 1.54) is 35.0 Å². The lowest BCUT2D eigenvalue weighted by Crippen LogP contribution is -2.08. The normalized spacial score (nSPS) is 11.8. The second-order valence-corrected chi connectivity index (χ2v) is 9.31. The first kappa shape index (κ1) is 22.3. The molecule has 3 aromatic carbocycles. The minimum Gasteiger partial charge on any atom is -0.359 e. The van der Waals surface area contributed by atoms with Gasteiger partial charge in [-0.1, -0.05) is 48.0 Å². The molecule has 0 unspecified atom stereocenters. The van der Waals surface area contributed by atoms with Crippen LogP contribution in [0.1, 0.15) is 5.56 Å². The maximum Gasteiger partial charge on any atom is 0.417 e. The van der Waals surface area contributed by atoms with Crippen LogP contribution in [0.4, 0.5) is 19.0 Å². The molecule has 0 aliphatic carbocycles. The lowest BCUT2D eigenvalue weighted by Gasteiger charge is -2.13. The van der Waals surface area contributed by atoms with Crippen molar-refractivity contribution < 1.29 is 21.6 Å². The summed E-state index contributed by atoms with van der Waals surface area (Å²) in [5, 5.41) is 0. The zero-order chi connectivity index (χ0) is 23.8. The molecule has 0 bridgehead atoms. The average Bonchev–Trinajstić information content (AvgIpc) is 3.23. The van der Waals surface area contributed by atoms with E-state index in [-0.39, 0.29) is 22.1 Å². The van der Waals surface area contributed by atoms with E-state index in [1.54, 1.807) is 42.5 Å². The van der Waals surface area contributed by atoms with E-state index in [9.17, 15) is 21.6 Å². The number of nitrogens with zero attached hydrogens (tertiary/aromatic N) is 3. The highest BCUT2D eigenvalue weighted by Crippen LogP contribution is 2.38. The fourth-order valence-electron chi connectivity index (χ4n) is 3.45. The molecule has 0 saturated heterocycles. The molecule has 4 rings (SSSR count). The number of imidazole rings is 1. The van der Waals surface area contributed by atoms with Gasteiger partial charge in [0.05, 0.1) is 16.0 Å². The molecule has 0 radical (unpaired) electrons. The molecule has 5 nitrogen and oxygen atoms in total. The lowest BCUT2D eigenvalue weighted by atomic mass is 10.0. The molecule has 166 valence electrons. The molecule has 0 saturated carbocycles. The second kappa shape index (κ2) is 8.22. The molecule has 4 aromatic rings. The number of alkyl halides is 3. The molecule has 33 heavy (non-hydrogen) atoms. The van der Waals surface area contributed by atoms with E-state index in [0.717, 1.165) is 17.9 Å². The van der Waals surface area contributed by atoms with Crippen molar-refractivity contribution in [1.29, 1.82) is 0 Å². The van der Waals surface area contributed by atoms with Crippen LogP contribution in [0, 0.1) is 6.57 Å². The Morgan fingerprint density at radius 1 is 0.939 bits per heavy atom. The Bertz CT molecular complexity index is 1480. The number of sulfone groups is 1. The van der Waals surface area contributed by atoms with Crippen LogP contribution in [0.15, 0.2) is 83.9 Å². The highest BCUT2D eigenvalue weighted by molar-refractivity contribution is 7.90. The van der Waals surface area contributed by atoms with E-state index >= 15 is 0 Å². The van der Waals surface area contributed by atoms with E-state index in [2.05, 4.69) is 9.83 Å². The molecule has 0 aliphatic heterocycles. The fraction of sp³-hybridized carbons (Fsp3) is 0.0833. The van der Waals surface area contributed by atoms with Crippen molar-refractivity contribution in [1.82, 2.24) is 9.55 Å². The van der Waals surface area contributed by atoms with Crippen molar-refractivity contribution in [2.45, 2.75) is 11.1 Å². The predicted molar refractivity (Wildman–Crippen MR) is 119 cm³/mol. The van der Waals surface area contributed by atoms with Gasteiger partial charge in [-0.25, -0.2) is 8.42 Å². The van der Waals surface area contributed by atoms with Crippen molar-refractivity contribution in [3.05, 3.63) is 96.0 Å². The molecule has 1 heterocycles. The molecule has 0 spiro atoms. The summed E-state index contributed by atoms with van der Waals surface area (Å²) in [5.41, 5.74) is 0.936. The number of rotatable bonds is 4. The number of aromatic nitrogens is 2. The summed E-state index contributed by atoms with van der Waals surface area (Å²) in [4.78, 5) is 7.57. The molecular formula is C24H16F3N3O2S. The Hall–Kier alpha value is -3.90. The smallest absolute Gasteiger partial charge is 0.359 e. The van der Waals surface area contributed by atoms with E-state index in [4.69, 9.17) is 6.57 Å². The summed E-state index contributed by atoms with van der Waals surface area (Å²) < 4.78 is 65.8. The van der Waals surface area contributed by atoms with Gasteiger partial charge in [0.25, 0.3) is 5.82 Å². The van der Waals surface area contributed by atoms with Crippen LogP contribution < -0.4 is 0 Å². The summed E-state index contributed by atoms with van der Waals surface area (Å²) in [6.07, 6.45) is -2.07. The third-order valence-electron chi connectivity index (χ3n) is 5.02. The van der Waals surface area contributed by atoms with Crippen molar-refractivity contribution in [3.63, 3.8) is 0 Å². The Balaban J connectivity index is 1.80. The first-order chi connectivity index (χ1) is 15.6. The Labute approximate surface area is 188 Å². The van der Waals surface area contributed by atoms with E-state index in [1.807, 2.05) is 0 Å². The standard InChI is InChI=1S/C24H16F3N3O2S/c1-28-22-15-30(23(29-22)20-8-3-4-9-21(20)24(25,26)27)18-12-10-16(11-13-18)17-6-5-7-19(14-17)33(2,31)32/h3-15H,2H3. The lowest BCUT2D eigenvalue weighted by molar-refractivity contribution is -0.137. The fourth-order valence-corrected chi connectivity index (χ4v) is 4.12. The third-order valence-corrected chi connectivity index (χ3v) is 6.13. The van der Waals surface area contributed by atoms with Gasteiger partial charge in [-0.3, -0.25) is 4.57 Å². The Morgan fingerprint density at radius 2 is 1.64 bits per heavy atom. The van der Waals surface area contributed by atoms with Gasteiger partial charge < -0.3 is 4.85 Å². The maximum atomic E-state index is 13.6. The number of hydrogen-bond donors (Lipinski definition) is 0. The zero-order valence-corrected chi connectivity index (χ0v) is 18.0. The van der Waals surface area contributed by atoms with Crippen molar-refractivity contribution >= 4 is 15.7 Å². The minimum absolute atomic E-state index is 0.000693. The molecule has 0 aliphatic rings. The van der Waals surface area contributed by atoms with Crippen LogP contribution >= 0.6 is 0 Å². The highest BCUT2D eigenvalue weighted by atomic mass is 32.2. The zero-order valence-electron chi connectivity index (χ0n) is 17.2. The molecule has 0 atom stereocenters. The molecular weight excluding hydrogens is 451 g/mol. The summed E-state index contributed by atoms with van der Waals surface area (Å²) in [6, 6.07) is 18.4. The Kier molecular flexibility index (Phi) is 5.56. The first-order valence-electron chi connectivity index (χ1n) is 9.62. The third kappa shape index (κ3) is 4.52. The van der Waals surface area contributed by atoms with Crippen LogP contribution in [0.3, 0.4) is 0 Å². The molecule has 9 heteroatoms. The van der Waals surface area contributed by atoms with Gasteiger partial charge in [0.15, 0.2) is 9.84 Å². The largest absolute Gasteiger partial charge is 0.417 e. The summed E-state index contributed by atoms with van der Waals surface area (Å²) in [7, 11) is -3.37. The van der Waals surface area contributed by atoms with Crippen LogP contribution in [-0.2, 0) is 16.0 Å². The van der Waals surface area contributed by atoms with Crippen molar-refractivity contribution in [2.24, 2.45) is 0 Å². The Morgan fingerprint density at radius 3 is 2.27 bits per heavy atom. The number of halogens is 3.